The summed E-state index contributed by atoms with van der Waals surface area (Å²) in [4.78, 5) is 6.51. The van der Waals surface area contributed by atoms with E-state index < -0.39 is 20.7 Å². The zero-order chi connectivity index (χ0) is 18.5. The Kier molecular flexibility index (Phi) is 6.46. The Morgan fingerprint density at radius 1 is 1.36 bits per heavy atom. The fourth-order valence-electron chi connectivity index (χ4n) is 2.89. The van der Waals surface area contributed by atoms with Crippen molar-refractivity contribution in [3.63, 3.8) is 0 Å². The number of aliphatic imine (C=N–C) groups is 1. The highest BCUT2D eigenvalue weighted by Gasteiger charge is 2.40. The molecule has 1 atom stereocenters. The lowest BCUT2D eigenvalue weighted by molar-refractivity contribution is 0.183. The number of nitrogens with one attached hydrogen (secondary N) is 1. The van der Waals surface area contributed by atoms with Crippen LogP contribution in [0.1, 0.15) is 26.3 Å². The Labute approximate surface area is 150 Å². The van der Waals surface area contributed by atoms with Crippen LogP contribution in [0.4, 0.5) is 0 Å². The standard InChI is InChI=1S/C18H29N3O3S/c1-4-19-17(21-10-11-25(23,24)18(2,3)14-21)20-13-16(22)12-15-8-6-5-7-9-15/h5-9,16,22H,4,10-14H2,1-3H3,(H,19,20). The number of sulfone groups is 1. The SMILES string of the molecule is CCNC(=NCC(O)Cc1ccccc1)N1CCS(=O)(=O)C(C)(C)C1. The second-order valence-electron chi connectivity index (χ2n) is 7.04. The summed E-state index contributed by atoms with van der Waals surface area (Å²) in [5.41, 5.74) is 1.07. The van der Waals surface area contributed by atoms with Crippen LogP contribution in [0.15, 0.2) is 35.3 Å². The van der Waals surface area contributed by atoms with Gasteiger partial charge in [0.15, 0.2) is 15.8 Å². The number of aliphatic hydroxyl groups excluding tert-OH is 1. The molecule has 25 heavy (non-hydrogen) atoms. The van der Waals surface area contributed by atoms with E-state index in [-0.39, 0.29) is 12.3 Å². The van der Waals surface area contributed by atoms with Gasteiger partial charge in [-0.3, -0.25) is 4.99 Å². The van der Waals surface area contributed by atoms with Gasteiger partial charge in [-0.2, -0.15) is 0 Å². The maximum atomic E-state index is 12.2. The van der Waals surface area contributed by atoms with Gasteiger partial charge >= 0.3 is 0 Å². The molecule has 0 bridgehead atoms. The number of hydrogen-bond acceptors (Lipinski definition) is 4. The van der Waals surface area contributed by atoms with E-state index in [1.165, 1.54) is 0 Å². The second kappa shape index (κ2) is 8.19. The first-order valence-electron chi connectivity index (χ1n) is 8.73. The quantitative estimate of drug-likeness (QED) is 0.601. The summed E-state index contributed by atoms with van der Waals surface area (Å²) in [5.74, 6) is 0.786. The molecule has 0 aliphatic carbocycles. The van der Waals surface area contributed by atoms with Gasteiger partial charge in [0.1, 0.15) is 0 Å². The summed E-state index contributed by atoms with van der Waals surface area (Å²) < 4.78 is 23.5. The first kappa shape index (κ1) is 19.7. The second-order valence-corrected chi connectivity index (χ2v) is 9.78. The molecule has 0 aromatic heterocycles. The lowest BCUT2D eigenvalue weighted by Crippen LogP contribution is -2.57. The van der Waals surface area contributed by atoms with Crippen molar-refractivity contribution < 1.29 is 13.5 Å². The third-order valence-electron chi connectivity index (χ3n) is 4.44. The predicted octanol–water partition coefficient (Wildman–Crippen LogP) is 1.06. The molecule has 1 fully saturated rings. The normalized spacial score (nSPS) is 21.0. The highest BCUT2D eigenvalue weighted by Crippen LogP contribution is 2.23. The first-order chi connectivity index (χ1) is 11.7. The van der Waals surface area contributed by atoms with Crippen molar-refractivity contribution in [3.05, 3.63) is 35.9 Å². The third kappa shape index (κ3) is 5.19. The van der Waals surface area contributed by atoms with Gasteiger partial charge in [-0.15, -0.1) is 0 Å². The van der Waals surface area contributed by atoms with Crippen molar-refractivity contribution in [2.45, 2.75) is 38.0 Å². The van der Waals surface area contributed by atoms with E-state index in [0.717, 1.165) is 5.56 Å². The average Bonchev–Trinajstić information content (AvgIpc) is 2.55. The van der Waals surface area contributed by atoms with E-state index in [2.05, 4.69) is 10.3 Å². The zero-order valence-electron chi connectivity index (χ0n) is 15.3. The number of aliphatic hydroxyl groups is 1. The van der Waals surface area contributed by atoms with Crippen LogP contribution in [-0.2, 0) is 16.3 Å². The molecular weight excluding hydrogens is 338 g/mol. The molecule has 2 rings (SSSR count). The Hall–Kier alpha value is -1.60. The highest BCUT2D eigenvalue weighted by atomic mass is 32.2. The highest BCUT2D eigenvalue weighted by molar-refractivity contribution is 7.92. The summed E-state index contributed by atoms with van der Waals surface area (Å²) in [5, 5.41) is 13.5. The van der Waals surface area contributed by atoms with Crippen molar-refractivity contribution in [1.82, 2.24) is 10.2 Å². The molecule has 2 N–H and O–H groups in total. The molecule has 1 unspecified atom stereocenters. The summed E-state index contributed by atoms with van der Waals surface area (Å²) in [6.45, 7) is 7.27. The van der Waals surface area contributed by atoms with Crippen LogP contribution < -0.4 is 5.32 Å². The molecule has 1 aromatic rings. The summed E-state index contributed by atoms with van der Waals surface area (Å²) in [6.07, 6.45) is -0.0264. The van der Waals surface area contributed by atoms with Gasteiger partial charge in [0.05, 0.1) is 23.1 Å². The number of hydrogen-bond donors (Lipinski definition) is 2. The van der Waals surface area contributed by atoms with Crippen molar-refractivity contribution in [3.8, 4) is 0 Å². The van der Waals surface area contributed by atoms with Gasteiger partial charge in [0, 0.05) is 26.1 Å². The Morgan fingerprint density at radius 2 is 2.04 bits per heavy atom. The molecule has 140 valence electrons. The zero-order valence-corrected chi connectivity index (χ0v) is 16.1. The van der Waals surface area contributed by atoms with Crippen molar-refractivity contribution in [1.29, 1.82) is 0 Å². The lowest BCUT2D eigenvalue weighted by Gasteiger charge is -2.39. The van der Waals surface area contributed by atoms with E-state index in [1.807, 2.05) is 42.2 Å². The molecule has 1 aromatic carbocycles. The van der Waals surface area contributed by atoms with Crippen LogP contribution in [0.3, 0.4) is 0 Å². The molecule has 1 heterocycles. The topological polar surface area (TPSA) is 82.0 Å². The smallest absolute Gasteiger partial charge is 0.194 e. The third-order valence-corrected chi connectivity index (χ3v) is 6.98. The Morgan fingerprint density at radius 3 is 2.64 bits per heavy atom. The minimum absolute atomic E-state index is 0.122. The van der Waals surface area contributed by atoms with Crippen molar-refractivity contribution in [2.24, 2.45) is 4.99 Å². The van der Waals surface area contributed by atoms with Gasteiger partial charge in [0.2, 0.25) is 0 Å². The van der Waals surface area contributed by atoms with Gasteiger partial charge < -0.3 is 15.3 Å². The monoisotopic (exact) mass is 367 g/mol. The molecule has 1 aliphatic rings. The number of benzene rings is 1. The summed E-state index contributed by atoms with van der Waals surface area (Å²) in [6, 6.07) is 9.81. The first-order valence-corrected chi connectivity index (χ1v) is 10.4. The fraction of sp³-hybridized carbons (Fsp3) is 0.611. The minimum atomic E-state index is -3.09. The molecule has 1 saturated heterocycles. The predicted molar refractivity (Wildman–Crippen MR) is 102 cm³/mol. The Balaban J connectivity index is 2.03. The number of guanidine groups is 1. The van der Waals surface area contributed by atoms with Gasteiger partial charge in [-0.1, -0.05) is 30.3 Å². The summed E-state index contributed by atoms with van der Waals surface area (Å²) in [7, 11) is -3.09. The van der Waals surface area contributed by atoms with E-state index in [1.54, 1.807) is 13.8 Å². The van der Waals surface area contributed by atoms with E-state index in [9.17, 15) is 13.5 Å². The Bertz CT molecular complexity index is 687. The van der Waals surface area contributed by atoms with Crippen LogP contribution in [0.2, 0.25) is 0 Å². The average molecular weight is 368 g/mol. The molecular formula is C18H29N3O3S. The largest absolute Gasteiger partial charge is 0.391 e. The summed E-state index contributed by atoms with van der Waals surface area (Å²) >= 11 is 0. The van der Waals surface area contributed by atoms with Gasteiger partial charge in [-0.05, 0) is 26.3 Å². The van der Waals surface area contributed by atoms with Crippen molar-refractivity contribution in [2.75, 3.05) is 31.9 Å². The van der Waals surface area contributed by atoms with Crippen LogP contribution in [-0.4, -0.2) is 67.2 Å². The van der Waals surface area contributed by atoms with Crippen LogP contribution >= 0.6 is 0 Å². The molecule has 1 aliphatic heterocycles. The molecule has 0 saturated carbocycles. The van der Waals surface area contributed by atoms with Crippen molar-refractivity contribution >= 4 is 15.8 Å². The molecule has 0 spiro atoms. The molecule has 6 nitrogen and oxygen atoms in total. The van der Waals surface area contributed by atoms with Crippen LogP contribution in [0.25, 0.3) is 0 Å². The molecule has 7 heteroatoms. The van der Waals surface area contributed by atoms with Crippen LogP contribution in [0, 0.1) is 0 Å². The maximum Gasteiger partial charge on any atom is 0.194 e. The number of rotatable bonds is 5. The number of nitrogens with zero attached hydrogens (tertiary/aromatic N) is 2. The van der Waals surface area contributed by atoms with E-state index in [4.69, 9.17) is 0 Å². The molecule has 0 radical (unpaired) electrons. The minimum Gasteiger partial charge on any atom is -0.391 e. The lowest BCUT2D eigenvalue weighted by atomic mass is 10.1. The van der Waals surface area contributed by atoms with Crippen LogP contribution in [0.5, 0.6) is 0 Å². The van der Waals surface area contributed by atoms with E-state index >= 15 is 0 Å². The van der Waals surface area contributed by atoms with E-state index in [0.29, 0.717) is 32.0 Å². The van der Waals surface area contributed by atoms with Gasteiger partial charge in [0.25, 0.3) is 0 Å². The maximum absolute atomic E-state index is 12.2. The molecule has 0 amide bonds. The van der Waals surface area contributed by atoms with Gasteiger partial charge in [-0.25, -0.2) is 8.42 Å². The fourth-order valence-corrected chi connectivity index (χ4v) is 4.26.